The Morgan fingerprint density at radius 3 is 2.79 bits per heavy atom. The number of rotatable bonds is 8. The lowest BCUT2D eigenvalue weighted by Gasteiger charge is -2.17. The third kappa shape index (κ3) is 7.70. The van der Waals surface area contributed by atoms with Crippen LogP contribution in [-0.2, 0) is 0 Å². The summed E-state index contributed by atoms with van der Waals surface area (Å²) >= 11 is 0. The molecule has 5 nitrogen and oxygen atoms in total. The van der Waals surface area contributed by atoms with Crippen molar-refractivity contribution in [1.29, 1.82) is 0 Å². The summed E-state index contributed by atoms with van der Waals surface area (Å²) in [5.74, 6) is 2.48. The van der Waals surface area contributed by atoms with Gasteiger partial charge in [-0.15, -0.1) is 24.0 Å². The molecule has 1 saturated heterocycles. The zero-order chi connectivity index (χ0) is 16.3. The van der Waals surface area contributed by atoms with Crippen LogP contribution in [0.5, 0.6) is 5.75 Å². The molecule has 0 spiro atoms. The number of hydrogen-bond donors (Lipinski definition) is 2. The maximum Gasteiger partial charge on any atom is 0.191 e. The highest BCUT2D eigenvalue weighted by Crippen LogP contribution is 2.15. The van der Waals surface area contributed by atoms with E-state index < -0.39 is 0 Å². The lowest BCUT2D eigenvalue weighted by Crippen LogP contribution is -2.41. The molecular weight excluding hydrogens is 415 g/mol. The Hall–Kier alpha value is -1.02. The summed E-state index contributed by atoms with van der Waals surface area (Å²) in [7, 11) is 1.81. The Kier molecular flexibility index (Phi) is 10.8. The number of hydrogen-bond acceptors (Lipinski definition) is 3. The van der Waals surface area contributed by atoms with Gasteiger partial charge < -0.3 is 20.3 Å². The summed E-state index contributed by atoms with van der Waals surface area (Å²) in [5.41, 5.74) is 0. The summed E-state index contributed by atoms with van der Waals surface area (Å²) in [5, 5.41) is 6.73. The zero-order valence-corrected chi connectivity index (χ0v) is 17.2. The first kappa shape index (κ1) is 21.0. The van der Waals surface area contributed by atoms with Gasteiger partial charge in [0.15, 0.2) is 5.96 Å². The average Bonchev–Trinajstić information content (AvgIpc) is 3.03. The van der Waals surface area contributed by atoms with Crippen molar-refractivity contribution in [1.82, 2.24) is 15.5 Å². The number of para-hydroxylation sites is 1. The van der Waals surface area contributed by atoms with Gasteiger partial charge in [0.2, 0.25) is 0 Å². The number of guanidine groups is 1. The van der Waals surface area contributed by atoms with Gasteiger partial charge in [-0.05, 0) is 44.0 Å². The van der Waals surface area contributed by atoms with Crippen molar-refractivity contribution in [2.45, 2.75) is 19.8 Å². The van der Waals surface area contributed by atoms with Crippen molar-refractivity contribution >= 4 is 29.9 Å². The van der Waals surface area contributed by atoms with Crippen LogP contribution in [0.4, 0.5) is 0 Å². The molecule has 1 aromatic rings. The van der Waals surface area contributed by atoms with Crippen molar-refractivity contribution < 1.29 is 4.74 Å². The maximum atomic E-state index is 5.67. The Labute approximate surface area is 163 Å². The SMILES string of the molecule is CCCN1CCC(CNC(=NC)NCCOc2ccccc2)C1.I. The quantitative estimate of drug-likeness (QED) is 0.279. The third-order valence-electron chi connectivity index (χ3n) is 4.10. The predicted molar refractivity (Wildman–Crippen MR) is 112 cm³/mol. The topological polar surface area (TPSA) is 48.9 Å². The van der Waals surface area contributed by atoms with E-state index in [1.807, 2.05) is 37.4 Å². The highest BCUT2D eigenvalue weighted by atomic mass is 127. The molecular formula is C18H31IN4O. The Morgan fingerprint density at radius 2 is 2.08 bits per heavy atom. The monoisotopic (exact) mass is 446 g/mol. The third-order valence-corrected chi connectivity index (χ3v) is 4.10. The van der Waals surface area contributed by atoms with E-state index in [0.717, 1.165) is 30.7 Å². The Morgan fingerprint density at radius 1 is 1.29 bits per heavy atom. The van der Waals surface area contributed by atoms with Gasteiger partial charge >= 0.3 is 0 Å². The smallest absolute Gasteiger partial charge is 0.191 e. The lowest BCUT2D eigenvalue weighted by atomic mass is 10.1. The van der Waals surface area contributed by atoms with Gasteiger partial charge in [0.1, 0.15) is 12.4 Å². The van der Waals surface area contributed by atoms with Crippen LogP contribution in [0.1, 0.15) is 19.8 Å². The molecule has 0 aromatic heterocycles. The maximum absolute atomic E-state index is 5.67. The van der Waals surface area contributed by atoms with E-state index in [4.69, 9.17) is 4.74 Å². The zero-order valence-electron chi connectivity index (χ0n) is 14.8. The van der Waals surface area contributed by atoms with E-state index in [1.165, 1.54) is 32.5 Å². The van der Waals surface area contributed by atoms with Crippen LogP contribution < -0.4 is 15.4 Å². The Balaban J connectivity index is 0.00000288. The largest absolute Gasteiger partial charge is 0.492 e. The van der Waals surface area contributed by atoms with Gasteiger partial charge in [0.05, 0.1) is 6.54 Å². The summed E-state index contributed by atoms with van der Waals surface area (Å²) in [6, 6.07) is 9.88. The minimum Gasteiger partial charge on any atom is -0.492 e. The van der Waals surface area contributed by atoms with Crippen LogP contribution in [0.2, 0.25) is 0 Å². The van der Waals surface area contributed by atoms with Crippen molar-refractivity contribution in [2.75, 3.05) is 46.4 Å². The van der Waals surface area contributed by atoms with Crippen LogP contribution in [0, 0.1) is 5.92 Å². The normalized spacial score (nSPS) is 18.1. The second kappa shape index (κ2) is 12.4. The lowest BCUT2D eigenvalue weighted by molar-refractivity contribution is 0.320. The molecule has 136 valence electrons. The molecule has 2 rings (SSSR count). The molecule has 2 N–H and O–H groups in total. The highest BCUT2D eigenvalue weighted by molar-refractivity contribution is 14.0. The molecule has 1 aliphatic rings. The van der Waals surface area contributed by atoms with Crippen molar-refractivity contribution in [3.05, 3.63) is 30.3 Å². The second-order valence-corrected chi connectivity index (χ2v) is 6.00. The van der Waals surface area contributed by atoms with Gasteiger partial charge in [0.25, 0.3) is 0 Å². The predicted octanol–water partition coefficient (Wildman–Crippen LogP) is 2.58. The number of benzene rings is 1. The molecule has 0 bridgehead atoms. The van der Waals surface area contributed by atoms with E-state index >= 15 is 0 Å². The molecule has 0 saturated carbocycles. The van der Waals surface area contributed by atoms with Crippen LogP contribution >= 0.6 is 24.0 Å². The van der Waals surface area contributed by atoms with Crippen LogP contribution in [0.3, 0.4) is 0 Å². The number of aliphatic imine (C=N–C) groups is 1. The molecule has 24 heavy (non-hydrogen) atoms. The van der Waals surface area contributed by atoms with E-state index in [-0.39, 0.29) is 24.0 Å². The Bertz CT molecular complexity index is 469. The molecule has 1 atom stereocenters. The number of ether oxygens (including phenoxy) is 1. The number of likely N-dealkylation sites (tertiary alicyclic amines) is 1. The van der Waals surface area contributed by atoms with Gasteiger partial charge in [-0.1, -0.05) is 25.1 Å². The molecule has 1 unspecified atom stereocenters. The number of halogens is 1. The van der Waals surface area contributed by atoms with Crippen molar-refractivity contribution in [2.24, 2.45) is 10.9 Å². The standard InChI is InChI=1S/C18H30N4O.HI/c1-3-11-22-12-9-16(15-22)14-21-18(19-2)20-10-13-23-17-7-5-4-6-8-17;/h4-8,16H,3,9-15H2,1-2H3,(H2,19,20,21);1H. The van der Waals surface area contributed by atoms with Gasteiger partial charge in [-0.2, -0.15) is 0 Å². The molecule has 1 fully saturated rings. The van der Waals surface area contributed by atoms with Gasteiger partial charge in [-0.3, -0.25) is 4.99 Å². The average molecular weight is 446 g/mol. The second-order valence-electron chi connectivity index (χ2n) is 6.00. The minimum absolute atomic E-state index is 0. The first-order chi connectivity index (χ1) is 11.3. The molecule has 1 aromatic carbocycles. The molecule has 0 aliphatic carbocycles. The van der Waals surface area contributed by atoms with Crippen LogP contribution in [0.15, 0.2) is 35.3 Å². The fourth-order valence-corrected chi connectivity index (χ4v) is 2.92. The van der Waals surface area contributed by atoms with E-state index in [0.29, 0.717) is 6.61 Å². The summed E-state index contributed by atoms with van der Waals surface area (Å²) < 4.78 is 5.67. The fourth-order valence-electron chi connectivity index (χ4n) is 2.92. The van der Waals surface area contributed by atoms with E-state index in [2.05, 4.69) is 27.4 Å². The first-order valence-corrected chi connectivity index (χ1v) is 8.66. The van der Waals surface area contributed by atoms with Crippen molar-refractivity contribution in [3.63, 3.8) is 0 Å². The first-order valence-electron chi connectivity index (χ1n) is 8.66. The summed E-state index contributed by atoms with van der Waals surface area (Å²) in [6.07, 6.45) is 2.52. The molecule has 0 radical (unpaired) electrons. The van der Waals surface area contributed by atoms with Gasteiger partial charge in [-0.25, -0.2) is 0 Å². The minimum atomic E-state index is 0. The van der Waals surface area contributed by atoms with E-state index in [1.54, 1.807) is 0 Å². The number of nitrogens with zero attached hydrogens (tertiary/aromatic N) is 2. The fraction of sp³-hybridized carbons (Fsp3) is 0.611. The molecule has 1 aliphatic heterocycles. The summed E-state index contributed by atoms with van der Waals surface area (Å²) in [6.45, 7) is 8.25. The van der Waals surface area contributed by atoms with Crippen LogP contribution in [-0.4, -0.2) is 57.2 Å². The molecule has 6 heteroatoms. The number of nitrogens with one attached hydrogen (secondary N) is 2. The molecule has 1 heterocycles. The van der Waals surface area contributed by atoms with Crippen molar-refractivity contribution in [3.8, 4) is 5.75 Å². The van der Waals surface area contributed by atoms with Crippen LogP contribution in [0.25, 0.3) is 0 Å². The highest BCUT2D eigenvalue weighted by Gasteiger charge is 2.21. The van der Waals surface area contributed by atoms with Gasteiger partial charge in [0, 0.05) is 20.1 Å². The molecule has 0 amide bonds. The van der Waals surface area contributed by atoms with E-state index in [9.17, 15) is 0 Å². The summed E-state index contributed by atoms with van der Waals surface area (Å²) in [4.78, 5) is 6.83.